The Morgan fingerprint density at radius 3 is 2.50 bits per heavy atom. The van der Waals surface area contributed by atoms with E-state index < -0.39 is 11.5 Å². The van der Waals surface area contributed by atoms with Gasteiger partial charge in [0.1, 0.15) is 5.54 Å². The van der Waals surface area contributed by atoms with Crippen molar-refractivity contribution in [1.82, 2.24) is 5.32 Å². The third kappa shape index (κ3) is 3.18. The molecule has 0 fully saturated rings. The van der Waals surface area contributed by atoms with Crippen LogP contribution in [-0.4, -0.2) is 11.1 Å². The van der Waals surface area contributed by atoms with Crippen LogP contribution in [0.4, 0.5) is 0 Å². The molecule has 1 atom stereocenters. The first-order chi connectivity index (χ1) is 9.52. The third-order valence-corrected chi connectivity index (χ3v) is 3.55. The first-order valence-corrected chi connectivity index (χ1v) is 6.68. The number of hydrogen-bond donors (Lipinski definition) is 2. The maximum absolute atomic E-state index is 11.6. The summed E-state index contributed by atoms with van der Waals surface area (Å²) in [6.45, 7) is 2.11. The second-order valence-electron chi connectivity index (χ2n) is 4.78. The van der Waals surface area contributed by atoms with Gasteiger partial charge < -0.3 is 5.11 Å². The zero-order valence-corrected chi connectivity index (χ0v) is 11.9. The number of benzene rings is 2. The fourth-order valence-corrected chi connectivity index (χ4v) is 2.17. The van der Waals surface area contributed by atoms with Crippen LogP contribution in [0.15, 0.2) is 54.6 Å². The summed E-state index contributed by atoms with van der Waals surface area (Å²) in [6.07, 6.45) is 0. The van der Waals surface area contributed by atoms with Gasteiger partial charge in [-0.05, 0) is 30.2 Å². The van der Waals surface area contributed by atoms with E-state index in [0.29, 0.717) is 17.1 Å². The highest BCUT2D eigenvalue weighted by molar-refractivity contribution is 6.30. The lowest BCUT2D eigenvalue weighted by atomic mass is 9.92. The molecule has 2 rings (SSSR count). The van der Waals surface area contributed by atoms with E-state index in [2.05, 4.69) is 5.32 Å². The predicted octanol–water partition coefficient (Wildman–Crippen LogP) is 3.43. The maximum atomic E-state index is 11.6. The number of carboxylic acids is 1. The molecule has 0 spiro atoms. The maximum Gasteiger partial charge on any atom is 0.328 e. The van der Waals surface area contributed by atoms with E-state index in [1.807, 2.05) is 30.3 Å². The molecule has 0 saturated carbocycles. The summed E-state index contributed by atoms with van der Waals surface area (Å²) in [5, 5.41) is 13.2. The van der Waals surface area contributed by atoms with E-state index in [1.165, 1.54) is 0 Å². The van der Waals surface area contributed by atoms with Crippen molar-refractivity contribution in [2.45, 2.75) is 19.0 Å². The van der Waals surface area contributed by atoms with E-state index >= 15 is 0 Å². The second-order valence-corrected chi connectivity index (χ2v) is 5.22. The van der Waals surface area contributed by atoms with Crippen molar-refractivity contribution in [1.29, 1.82) is 0 Å². The zero-order chi connectivity index (χ0) is 14.6. The molecule has 2 N–H and O–H groups in total. The molecule has 3 nitrogen and oxygen atoms in total. The van der Waals surface area contributed by atoms with E-state index in [1.54, 1.807) is 31.2 Å². The highest BCUT2D eigenvalue weighted by Gasteiger charge is 2.34. The van der Waals surface area contributed by atoms with Crippen LogP contribution in [0.5, 0.6) is 0 Å². The minimum absolute atomic E-state index is 0.468. The first kappa shape index (κ1) is 14.6. The minimum atomic E-state index is -1.18. The number of rotatable bonds is 5. The van der Waals surface area contributed by atoms with Crippen LogP contribution in [0, 0.1) is 0 Å². The largest absolute Gasteiger partial charge is 0.480 e. The molecule has 0 saturated heterocycles. The summed E-state index contributed by atoms with van der Waals surface area (Å²) in [5.41, 5.74) is 0.483. The van der Waals surface area contributed by atoms with Crippen LogP contribution in [-0.2, 0) is 16.9 Å². The van der Waals surface area contributed by atoms with Gasteiger partial charge in [-0.1, -0.05) is 54.1 Å². The van der Waals surface area contributed by atoms with Gasteiger partial charge in [-0.15, -0.1) is 0 Å². The second kappa shape index (κ2) is 6.07. The summed E-state index contributed by atoms with van der Waals surface area (Å²) in [7, 11) is 0. The van der Waals surface area contributed by atoms with Crippen LogP contribution < -0.4 is 5.32 Å². The molecule has 0 aliphatic rings. The SMILES string of the molecule is CC(NCc1ccccc1)(C(=O)O)c1cccc(Cl)c1. The van der Waals surface area contributed by atoms with Crippen LogP contribution in [0.2, 0.25) is 5.02 Å². The molecular weight excluding hydrogens is 274 g/mol. The van der Waals surface area contributed by atoms with Crippen molar-refractivity contribution in [2.24, 2.45) is 0 Å². The topological polar surface area (TPSA) is 49.3 Å². The Balaban J connectivity index is 2.24. The average Bonchev–Trinajstić information content (AvgIpc) is 2.45. The number of carboxylic acid groups (broad SMARTS) is 1. The van der Waals surface area contributed by atoms with Gasteiger partial charge >= 0.3 is 5.97 Å². The number of hydrogen-bond acceptors (Lipinski definition) is 2. The summed E-state index contributed by atoms with van der Waals surface area (Å²) in [5.74, 6) is -0.935. The Bertz CT molecular complexity index is 600. The highest BCUT2D eigenvalue weighted by atomic mass is 35.5. The molecule has 104 valence electrons. The Hall–Kier alpha value is -1.84. The molecule has 0 bridgehead atoms. The summed E-state index contributed by atoms with van der Waals surface area (Å²) >= 11 is 5.95. The molecule has 0 amide bonds. The number of carbonyl (C=O) groups is 1. The molecule has 0 aliphatic heterocycles. The van der Waals surface area contributed by atoms with Crippen LogP contribution >= 0.6 is 11.6 Å². The fraction of sp³-hybridized carbons (Fsp3) is 0.188. The lowest BCUT2D eigenvalue weighted by molar-refractivity contribution is -0.144. The predicted molar refractivity (Wildman–Crippen MR) is 79.7 cm³/mol. The first-order valence-electron chi connectivity index (χ1n) is 6.31. The monoisotopic (exact) mass is 289 g/mol. The van der Waals surface area contributed by atoms with Crippen molar-refractivity contribution in [3.05, 3.63) is 70.7 Å². The number of aliphatic carboxylic acids is 1. The van der Waals surface area contributed by atoms with Gasteiger partial charge in [0.05, 0.1) is 0 Å². The van der Waals surface area contributed by atoms with Gasteiger partial charge in [-0.2, -0.15) is 0 Å². The molecule has 2 aromatic rings. The summed E-state index contributed by atoms with van der Waals surface area (Å²) in [4.78, 5) is 11.6. The van der Waals surface area contributed by atoms with Crippen molar-refractivity contribution in [3.8, 4) is 0 Å². The van der Waals surface area contributed by atoms with Crippen molar-refractivity contribution >= 4 is 17.6 Å². The number of halogens is 1. The molecule has 0 heterocycles. The Morgan fingerprint density at radius 1 is 1.20 bits per heavy atom. The van der Waals surface area contributed by atoms with Gasteiger partial charge in [0, 0.05) is 11.6 Å². The van der Waals surface area contributed by atoms with Crippen molar-refractivity contribution in [2.75, 3.05) is 0 Å². The average molecular weight is 290 g/mol. The molecular formula is C16H16ClNO2. The smallest absolute Gasteiger partial charge is 0.328 e. The van der Waals surface area contributed by atoms with Gasteiger partial charge in [-0.3, -0.25) is 5.32 Å². The Morgan fingerprint density at radius 2 is 1.90 bits per heavy atom. The molecule has 0 radical (unpaired) electrons. The quantitative estimate of drug-likeness (QED) is 0.886. The summed E-state index contributed by atoms with van der Waals surface area (Å²) in [6, 6.07) is 16.6. The standard InChI is InChI=1S/C16H16ClNO2/c1-16(15(19)20,13-8-5-9-14(17)10-13)18-11-12-6-3-2-4-7-12/h2-10,18H,11H2,1H3,(H,19,20). The Kier molecular flexibility index (Phi) is 4.42. The van der Waals surface area contributed by atoms with Crippen molar-refractivity contribution < 1.29 is 9.90 Å². The van der Waals surface area contributed by atoms with E-state index in [-0.39, 0.29) is 0 Å². The highest BCUT2D eigenvalue weighted by Crippen LogP contribution is 2.24. The molecule has 20 heavy (non-hydrogen) atoms. The summed E-state index contributed by atoms with van der Waals surface area (Å²) < 4.78 is 0. The minimum Gasteiger partial charge on any atom is -0.480 e. The van der Waals surface area contributed by atoms with Gasteiger partial charge in [-0.25, -0.2) is 4.79 Å². The van der Waals surface area contributed by atoms with Gasteiger partial charge in [0.25, 0.3) is 0 Å². The van der Waals surface area contributed by atoms with Crippen LogP contribution in [0.3, 0.4) is 0 Å². The molecule has 0 aromatic heterocycles. The Labute approximate surface area is 123 Å². The zero-order valence-electron chi connectivity index (χ0n) is 11.1. The normalized spacial score (nSPS) is 13.7. The fourth-order valence-electron chi connectivity index (χ4n) is 1.98. The molecule has 4 heteroatoms. The van der Waals surface area contributed by atoms with Crippen LogP contribution in [0.25, 0.3) is 0 Å². The number of nitrogens with one attached hydrogen (secondary N) is 1. The lowest BCUT2D eigenvalue weighted by Gasteiger charge is -2.27. The molecule has 0 aliphatic carbocycles. The molecule has 2 aromatic carbocycles. The van der Waals surface area contributed by atoms with E-state index in [4.69, 9.17) is 11.6 Å². The van der Waals surface area contributed by atoms with Crippen LogP contribution in [0.1, 0.15) is 18.1 Å². The van der Waals surface area contributed by atoms with E-state index in [9.17, 15) is 9.90 Å². The van der Waals surface area contributed by atoms with Crippen molar-refractivity contribution in [3.63, 3.8) is 0 Å². The van der Waals surface area contributed by atoms with Gasteiger partial charge in [0.15, 0.2) is 0 Å². The third-order valence-electron chi connectivity index (χ3n) is 3.32. The lowest BCUT2D eigenvalue weighted by Crippen LogP contribution is -2.46. The van der Waals surface area contributed by atoms with E-state index in [0.717, 1.165) is 5.56 Å². The van der Waals surface area contributed by atoms with Gasteiger partial charge in [0.2, 0.25) is 0 Å². The molecule has 1 unspecified atom stereocenters.